The summed E-state index contributed by atoms with van der Waals surface area (Å²) in [6, 6.07) is 4.05. The molecule has 0 radical (unpaired) electrons. The lowest BCUT2D eigenvalue weighted by Crippen LogP contribution is -2.14. The Hall–Kier alpha value is -1.88. The van der Waals surface area contributed by atoms with Crippen LogP contribution in [-0.2, 0) is 13.1 Å². The topological polar surface area (TPSA) is 52.0 Å². The smallest absolute Gasteiger partial charge is 0.219 e. The molecule has 0 aliphatic heterocycles. The molecule has 0 unspecified atom stereocenters. The van der Waals surface area contributed by atoms with E-state index in [-0.39, 0.29) is 0 Å². The summed E-state index contributed by atoms with van der Waals surface area (Å²) in [6.07, 6.45) is 4.71. The first-order valence-electron chi connectivity index (χ1n) is 7.10. The van der Waals surface area contributed by atoms with E-state index >= 15 is 0 Å². The maximum Gasteiger partial charge on any atom is 0.219 e. The number of hydrogen-bond acceptors (Lipinski definition) is 4. The van der Waals surface area contributed by atoms with Gasteiger partial charge in [-0.25, -0.2) is 4.98 Å². The third kappa shape index (κ3) is 4.06. The van der Waals surface area contributed by atoms with Crippen molar-refractivity contribution in [2.24, 2.45) is 0 Å². The van der Waals surface area contributed by atoms with Gasteiger partial charge in [0.05, 0.1) is 12.4 Å². The van der Waals surface area contributed by atoms with Crippen molar-refractivity contribution in [2.45, 2.75) is 40.3 Å². The van der Waals surface area contributed by atoms with Gasteiger partial charge in [0.1, 0.15) is 0 Å². The number of ether oxygens (including phenoxy) is 1. The predicted octanol–water partition coefficient (Wildman–Crippen LogP) is 2.90. The van der Waals surface area contributed by atoms with Gasteiger partial charge < -0.3 is 10.1 Å². The lowest BCUT2D eigenvalue weighted by molar-refractivity contribution is 0.459. The Kier molecular flexibility index (Phi) is 5.12. The maximum atomic E-state index is 5.77. The van der Waals surface area contributed by atoms with Crippen molar-refractivity contribution in [3.63, 3.8) is 0 Å². The first-order valence-corrected chi connectivity index (χ1v) is 7.10. The van der Waals surface area contributed by atoms with Crippen molar-refractivity contribution in [1.82, 2.24) is 20.1 Å². The Labute approximate surface area is 120 Å². The summed E-state index contributed by atoms with van der Waals surface area (Å²) in [7, 11) is 0. The third-order valence-electron chi connectivity index (χ3n) is 2.90. The molecule has 0 saturated carbocycles. The summed E-state index contributed by atoms with van der Waals surface area (Å²) in [5, 5.41) is 7.57. The van der Waals surface area contributed by atoms with Crippen LogP contribution in [0.5, 0.6) is 11.6 Å². The monoisotopic (exact) mass is 274 g/mol. The van der Waals surface area contributed by atoms with Crippen molar-refractivity contribution in [3.05, 3.63) is 35.8 Å². The normalized spacial score (nSPS) is 10.8. The van der Waals surface area contributed by atoms with Crippen LogP contribution in [0.25, 0.3) is 0 Å². The van der Waals surface area contributed by atoms with E-state index in [2.05, 4.69) is 28.4 Å². The molecule has 0 amide bonds. The summed E-state index contributed by atoms with van der Waals surface area (Å²) < 4.78 is 7.59. The number of pyridine rings is 1. The average molecular weight is 274 g/mol. The van der Waals surface area contributed by atoms with E-state index < -0.39 is 0 Å². The molecule has 2 heterocycles. The molecule has 5 heteroatoms. The summed E-state index contributed by atoms with van der Waals surface area (Å²) >= 11 is 0. The van der Waals surface area contributed by atoms with Crippen LogP contribution >= 0.6 is 0 Å². The fraction of sp³-hybridized carbons (Fsp3) is 0.467. The SMILES string of the molecule is CCCNCc1cc(C)nc(Oc2cnn(CC)c2)c1. The Morgan fingerprint density at radius 1 is 1.30 bits per heavy atom. The van der Waals surface area contributed by atoms with E-state index in [1.165, 1.54) is 5.56 Å². The van der Waals surface area contributed by atoms with Crippen LogP contribution in [0.15, 0.2) is 24.5 Å². The molecule has 0 fully saturated rings. The molecule has 0 aromatic carbocycles. The van der Waals surface area contributed by atoms with Crippen molar-refractivity contribution in [2.75, 3.05) is 6.54 Å². The Balaban J connectivity index is 2.06. The highest BCUT2D eigenvalue weighted by molar-refractivity contribution is 5.28. The molecule has 5 nitrogen and oxygen atoms in total. The molecule has 0 atom stereocenters. The molecule has 2 rings (SSSR count). The van der Waals surface area contributed by atoms with Gasteiger partial charge >= 0.3 is 0 Å². The van der Waals surface area contributed by atoms with E-state index in [1.807, 2.05) is 30.8 Å². The highest BCUT2D eigenvalue weighted by Crippen LogP contribution is 2.20. The van der Waals surface area contributed by atoms with Gasteiger partial charge in [-0.05, 0) is 38.4 Å². The minimum absolute atomic E-state index is 0.619. The van der Waals surface area contributed by atoms with Gasteiger partial charge in [-0.3, -0.25) is 4.68 Å². The van der Waals surface area contributed by atoms with Crippen LogP contribution in [0.2, 0.25) is 0 Å². The number of nitrogens with zero attached hydrogens (tertiary/aromatic N) is 3. The average Bonchev–Trinajstić information content (AvgIpc) is 2.86. The molecule has 0 saturated heterocycles. The maximum absolute atomic E-state index is 5.77. The van der Waals surface area contributed by atoms with Crippen LogP contribution in [0.4, 0.5) is 0 Å². The number of nitrogens with one attached hydrogen (secondary N) is 1. The zero-order valence-corrected chi connectivity index (χ0v) is 12.4. The first kappa shape index (κ1) is 14.5. The van der Waals surface area contributed by atoms with Gasteiger partial charge in [0.2, 0.25) is 5.88 Å². The van der Waals surface area contributed by atoms with Crippen LogP contribution in [0.3, 0.4) is 0 Å². The van der Waals surface area contributed by atoms with E-state index in [4.69, 9.17) is 4.74 Å². The predicted molar refractivity (Wildman–Crippen MR) is 78.9 cm³/mol. The highest BCUT2D eigenvalue weighted by atomic mass is 16.5. The molecule has 0 aliphatic rings. The van der Waals surface area contributed by atoms with Crippen LogP contribution in [0.1, 0.15) is 31.5 Å². The van der Waals surface area contributed by atoms with Crippen molar-refractivity contribution in [1.29, 1.82) is 0 Å². The number of rotatable bonds is 7. The molecular formula is C15H22N4O. The second-order valence-corrected chi connectivity index (χ2v) is 4.77. The molecule has 0 aliphatic carbocycles. The molecule has 0 bridgehead atoms. The van der Waals surface area contributed by atoms with E-state index in [0.29, 0.717) is 5.88 Å². The van der Waals surface area contributed by atoms with Crippen molar-refractivity contribution < 1.29 is 4.74 Å². The van der Waals surface area contributed by atoms with Gasteiger partial charge in [-0.1, -0.05) is 6.92 Å². The fourth-order valence-electron chi connectivity index (χ4n) is 1.96. The Morgan fingerprint density at radius 2 is 2.15 bits per heavy atom. The third-order valence-corrected chi connectivity index (χ3v) is 2.90. The standard InChI is InChI=1S/C15H22N4O/c1-4-6-16-9-13-7-12(3)18-15(8-13)20-14-10-17-19(5-2)11-14/h7-8,10-11,16H,4-6,9H2,1-3H3. The zero-order chi connectivity index (χ0) is 14.4. The van der Waals surface area contributed by atoms with Gasteiger partial charge in [0.15, 0.2) is 5.75 Å². The molecule has 0 spiro atoms. The zero-order valence-electron chi connectivity index (χ0n) is 12.4. The lowest BCUT2D eigenvalue weighted by Gasteiger charge is -2.08. The first-order chi connectivity index (χ1) is 9.71. The van der Waals surface area contributed by atoms with Crippen molar-refractivity contribution in [3.8, 4) is 11.6 Å². The van der Waals surface area contributed by atoms with Crippen LogP contribution in [-0.4, -0.2) is 21.3 Å². The fourth-order valence-corrected chi connectivity index (χ4v) is 1.96. The number of hydrogen-bond donors (Lipinski definition) is 1. The van der Waals surface area contributed by atoms with E-state index in [9.17, 15) is 0 Å². The lowest BCUT2D eigenvalue weighted by atomic mass is 10.2. The summed E-state index contributed by atoms with van der Waals surface area (Å²) in [5.74, 6) is 1.34. The summed E-state index contributed by atoms with van der Waals surface area (Å²) in [4.78, 5) is 4.41. The Bertz CT molecular complexity index is 551. The van der Waals surface area contributed by atoms with Gasteiger partial charge in [0.25, 0.3) is 0 Å². The molecular weight excluding hydrogens is 252 g/mol. The van der Waals surface area contributed by atoms with Crippen molar-refractivity contribution >= 4 is 0 Å². The number of aryl methyl sites for hydroxylation is 2. The number of aromatic nitrogens is 3. The Morgan fingerprint density at radius 3 is 2.85 bits per heavy atom. The largest absolute Gasteiger partial charge is 0.436 e. The van der Waals surface area contributed by atoms with Crippen LogP contribution in [0, 0.1) is 6.92 Å². The minimum Gasteiger partial charge on any atom is -0.436 e. The summed E-state index contributed by atoms with van der Waals surface area (Å²) in [5.41, 5.74) is 2.14. The molecule has 2 aromatic heterocycles. The molecule has 20 heavy (non-hydrogen) atoms. The van der Waals surface area contributed by atoms with Gasteiger partial charge in [-0.2, -0.15) is 5.10 Å². The molecule has 2 aromatic rings. The van der Waals surface area contributed by atoms with Gasteiger partial charge in [-0.15, -0.1) is 0 Å². The van der Waals surface area contributed by atoms with E-state index in [1.54, 1.807) is 6.20 Å². The highest BCUT2D eigenvalue weighted by Gasteiger charge is 2.05. The van der Waals surface area contributed by atoms with E-state index in [0.717, 1.165) is 37.5 Å². The minimum atomic E-state index is 0.619. The molecule has 1 N–H and O–H groups in total. The van der Waals surface area contributed by atoms with Gasteiger partial charge in [0, 0.05) is 24.8 Å². The second kappa shape index (κ2) is 7.05. The molecule has 108 valence electrons. The van der Waals surface area contributed by atoms with Crippen LogP contribution < -0.4 is 10.1 Å². The second-order valence-electron chi connectivity index (χ2n) is 4.77. The quantitative estimate of drug-likeness (QED) is 0.789. The summed E-state index contributed by atoms with van der Waals surface area (Å²) in [6.45, 7) is 8.86.